The van der Waals surface area contributed by atoms with Gasteiger partial charge in [-0.1, -0.05) is 18.2 Å². The van der Waals surface area contributed by atoms with Gasteiger partial charge in [0.2, 0.25) is 0 Å². The number of carboxylic acids is 1. The van der Waals surface area contributed by atoms with Crippen molar-refractivity contribution in [3.63, 3.8) is 0 Å². The van der Waals surface area contributed by atoms with Crippen LogP contribution in [0.1, 0.15) is 50.5 Å². The Kier molecular flexibility index (Phi) is 10.1. The molecule has 4 rings (SSSR count). The fourth-order valence-electron chi connectivity index (χ4n) is 4.33. The van der Waals surface area contributed by atoms with Crippen LogP contribution in [0, 0.1) is 12.7 Å². The summed E-state index contributed by atoms with van der Waals surface area (Å²) < 4.78 is 43.0. The number of hydrogen-bond acceptors (Lipinski definition) is 8. The first-order chi connectivity index (χ1) is 20.0. The highest BCUT2D eigenvalue weighted by Crippen LogP contribution is 2.29. The Morgan fingerprint density at radius 2 is 1.90 bits per heavy atom. The van der Waals surface area contributed by atoms with Crippen LogP contribution in [0.3, 0.4) is 0 Å². The van der Waals surface area contributed by atoms with E-state index in [9.17, 15) is 27.5 Å². The summed E-state index contributed by atoms with van der Waals surface area (Å²) in [7, 11) is -3.44. The Labute approximate surface area is 246 Å². The zero-order valence-electron chi connectivity index (χ0n) is 23.0. The number of hydrogen-bond donors (Lipinski definition) is 3. The molecule has 0 saturated heterocycles. The second-order valence-electron chi connectivity index (χ2n) is 9.90. The van der Waals surface area contributed by atoms with Crippen LogP contribution in [0.15, 0.2) is 60.2 Å². The zero-order valence-corrected chi connectivity index (χ0v) is 24.7. The molecule has 3 N–H and O–H groups in total. The molecule has 0 spiro atoms. The van der Waals surface area contributed by atoms with Gasteiger partial charge < -0.3 is 20.1 Å². The van der Waals surface area contributed by atoms with Gasteiger partial charge in [0.25, 0.3) is 5.91 Å². The minimum absolute atomic E-state index is 0.190. The van der Waals surface area contributed by atoms with Gasteiger partial charge in [-0.3, -0.25) is 4.79 Å². The number of aliphatic carboxylic acids is 1. The van der Waals surface area contributed by atoms with E-state index in [0.29, 0.717) is 30.6 Å². The number of nitrogens with one attached hydrogen (secondary N) is 2. The fourth-order valence-corrected chi connectivity index (χ4v) is 5.66. The number of thiazole rings is 1. The Bertz CT molecular complexity index is 1620. The van der Waals surface area contributed by atoms with Gasteiger partial charge in [0.1, 0.15) is 38.3 Å². The van der Waals surface area contributed by atoms with Crippen LogP contribution < -0.4 is 10.1 Å². The number of aromatic nitrogens is 3. The van der Waals surface area contributed by atoms with Crippen molar-refractivity contribution in [1.29, 1.82) is 0 Å². The molecule has 10 nitrogen and oxygen atoms in total. The van der Waals surface area contributed by atoms with Crippen LogP contribution in [0.4, 0.5) is 4.39 Å². The summed E-state index contributed by atoms with van der Waals surface area (Å²) in [6.45, 7) is 1.85. The molecular weight excluding hydrogens is 583 g/mol. The maximum atomic E-state index is 13.5. The third-order valence-electron chi connectivity index (χ3n) is 6.47. The third kappa shape index (κ3) is 8.95. The van der Waals surface area contributed by atoms with Crippen LogP contribution in [0.25, 0.3) is 0 Å². The van der Waals surface area contributed by atoms with Gasteiger partial charge in [0, 0.05) is 41.7 Å². The van der Waals surface area contributed by atoms with Crippen molar-refractivity contribution in [3.8, 4) is 5.75 Å². The monoisotopic (exact) mass is 614 g/mol. The van der Waals surface area contributed by atoms with Crippen molar-refractivity contribution in [2.24, 2.45) is 0 Å². The second kappa shape index (κ2) is 13.7. The smallest absolute Gasteiger partial charge is 0.326 e. The minimum atomic E-state index is -3.44. The van der Waals surface area contributed by atoms with Crippen molar-refractivity contribution in [2.45, 2.75) is 44.8 Å². The maximum absolute atomic E-state index is 13.5. The standard InChI is InChI=1S/C29H31FN4O6S2/c1-18-32-17-22(33-18)15-26(28-31-12-13-41-28)40-23-10-7-20(6-3-19-4-8-21(30)9-5-19)24(16-23)27(35)34-25(29(36)37)11-14-42(2,38)39/h4-5,7-10,12-13,16-17,25-26H,3,6,11,14-15H2,1-2H3,(H,32,33)(H,34,35)(H,36,37)/t25-,26?/m0/s1. The highest BCUT2D eigenvalue weighted by atomic mass is 32.2. The van der Waals surface area contributed by atoms with Gasteiger partial charge in [0.05, 0.1) is 5.75 Å². The molecule has 0 aliphatic carbocycles. The number of H-pyrrole nitrogens is 1. The summed E-state index contributed by atoms with van der Waals surface area (Å²) in [5, 5.41) is 14.7. The number of benzene rings is 2. The Hall–Kier alpha value is -4.10. The van der Waals surface area contributed by atoms with Crippen molar-refractivity contribution in [2.75, 3.05) is 12.0 Å². The first-order valence-electron chi connectivity index (χ1n) is 13.1. The fraction of sp³-hybridized carbons (Fsp3) is 0.310. The summed E-state index contributed by atoms with van der Waals surface area (Å²) in [6, 6.07) is 9.64. The summed E-state index contributed by atoms with van der Waals surface area (Å²) in [6.07, 6.45) is 4.97. The first kappa shape index (κ1) is 30.8. The van der Waals surface area contributed by atoms with E-state index >= 15 is 0 Å². The van der Waals surface area contributed by atoms with E-state index in [2.05, 4.69) is 20.3 Å². The topological polar surface area (TPSA) is 151 Å². The van der Waals surface area contributed by atoms with E-state index < -0.39 is 39.6 Å². The number of ether oxygens (including phenoxy) is 1. The van der Waals surface area contributed by atoms with Crippen LogP contribution in [0.5, 0.6) is 5.75 Å². The van der Waals surface area contributed by atoms with Crippen molar-refractivity contribution < 1.29 is 32.2 Å². The number of rotatable bonds is 14. The van der Waals surface area contributed by atoms with Gasteiger partial charge in [-0.15, -0.1) is 11.3 Å². The lowest BCUT2D eigenvalue weighted by atomic mass is 9.98. The highest BCUT2D eigenvalue weighted by molar-refractivity contribution is 7.90. The lowest BCUT2D eigenvalue weighted by Crippen LogP contribution is -2.42. The van der Waals surface area contributed by atoms with Crippen LogP contribution >= 0.6 is 11.3 Å². The molecule has 4 aromatic rings. The predicted molar refractivity (Wildman–Crippen MR) is 156 cm³/mol. The molecule has 2 aromatic carbocycles. The summed E-state index contributed by atoms with van der Waals surface area (Å²) in [4.78, 5) is 37.1. The average molecular weight is 615 g/mol. The number of amides is 1. The van der Waals surface area contributed by atoms with Crippen molar-refractivity contribution >= 4 is 33.1 Å². The molecule has 0 aliphatic rings. The number of carbonyl (C=O) groups excluding carboxylic acids is 1. The van der Waals surface area contributed by atoms with Gasteiger partial charge in [0.15, 0.2) is 6.10 Å². The van der Waals surface area contributed by atoms with Crippen LogP contribution in [-0.4, -0.2) is 58.4 Å². The molecular formula is C29H31FN4O6S2. The Morgan fingerprint density at radius 3 is 2.52 bits per heavy atom. The van der Waals surface area contributed by atoms with Gasteiger partial charge in [-0.05, 0) is 61.6 Å². The number of aryl methyl sites for hydroxylation is 3. The third-order valence-corrected chi connectivity index (χ3v) is 8.31. The van der Waals surface area contributed by atoms with Crippen molar-refractivity contribution in [3.05, 3.63) is 99.3 Å². The molecule has 0 saturated carbocycles. The number of carbonyl (C=O) groups is 2. The second-order valence-corrected chi connectivity index (χ2v) is 13.1. The molecule has 1 unspecified atom stereocenters. The number of nitrogens with zero attached hydrogens (tertiary/aromatic N) is 2. The van der Waals surface area contributed by atoms with E-state index in [1.54, 1.807) is 42.7 Å². The zero-order chi connectivity index (χ0) is 30.3. The molecule has 1 amide bonds. The number of aromatic amines is 1. The van der Waals surface area contributed by atoms with Crippen LogP contribution in [-0.2, 0) is 33.9 Å². The molecule has 0 bridgehead atoms. The molecule has 2 aromatic heterocycles. The molecule has 42 heavy (non-hydrogen) atoms. The lowest BCUT2D eigenvalue weighted by molar-refractivity contribution is -0.139. The summed E-state index contributed by atoms with van der Waals surface area (Å²) in [5.74, 6) is -1.64. The van der Waals surface area contributed by atoms with E-state index in [1.165, 1.54) is 23.5 Å². The van der Waals surface area contributed by atoms with E-state index in [1.807, 2.05) is 12.3 Å². The minimum Gasteiger partial charge on any atom is -0.483 e. The molecule has 0 fully saturated rings. The normalized spacial score (nSPS) is 12.9. The van der Waals surface area contributed by atoms with Crippen molar-refractivity contribution in [1.82, 2.24) is 20.3 Å². The molecule has 0 radical (unpaired) electrons. The van der Waals surface area contributed by atoms with E-state index in [4.69, 9.17) is 4.74 Å². The number of carboxylic acid groups (broad SMARTS) is 1. The quantitative estimate of drug-likeness (QED) is 0.192. The molecule has 13 heteroatoms. The Balaban J connectivity index is 1.62. The number of halogens is 1. The highest BCUT2D eigenvalue weighted by Gasteiger charge is 2.25. The lowest BCUT2D eigenvalue weighted by Gasteiger charge is -2.20. The molecule has 2 heterocycles. The van der Waals surface area contributed by atoms with Gasteiger partial charge in [-0.25, -0.2) is 27.6 Å². The maximum Gasteiger partial charge on any atom is 0.326 e. The Morgan fingerprint density at radius 1 is 1.14 bits per heavy atom. The first-order valence-corrected chi connectivity index (χ1v) is 16.1. The molecule has 222 valence electrons. The average Bonchev–Trinajstić information content (AvgIpc) is 3.62. The van der Waals surface area contributed by atoms with Gasteiger partial charge in [-0.2, -0.15) is 0 Å². The van der Waals surface area contributed by atoms with Crippen LogP contribution in [0.2, 0.25) is 0 Å². The largest absolute Gasteiger partial charge is 0.483 e. The SMILES string of the molecule is Cc1ncc(CC(Oc2ccc(CCc3ccc(F)cc3)c(C(=O)N[C@@H](CCS(C)(=O)=O)C(=O)O)c2)c2nccs2)[nH]1. The van der Waals surface area contributed by atoms with E-state index in [0.717, 1.165) is 28.3 Å². The predicted octanol–water partition coefficient (Wildman–Crippen LogP) is 4.08. The number of sulfone groups is 1. The summed E-state index contributed by atoms with van der Waals surface area (Å²) >= 11 is 1.42. The van der Waals surface area contributed by atoms with E-state index in [-0.39, 0.29) is 17.8 Å². The molecule has 2 atom stereocenters. The summed E-state index contributed by atoms with van der Waals surface area (Å²) in [5.41, 5.74) is 2.51. The molecule has 0 aliphatic heterocycles. The van der Waals surface area contributed by atoms with Gasteiger partial charge >= 0.3 is 5.97 Å². The number of imidazole rings is 1.